The molecule has 8 atom stereocenters. The second-order valence-electron chi connectivity index (χ2n) is 11.1. The Morgan fingerprint density at radius 2 is 2.00 bits per heavy atom. The number of anilines is 1. The first-order chi connectivity index (χ1) is 17.2. The van der Waals surface area contributed by atoms with Gasteiger partial charge in [0, 0.05) is 23.3 Å². The summed E-state index contributed by atoms with van der Waals surface area (Å²) < 4.78 is 6.39. The number of carbonyl (C=O) groups is 3. The highest BCUT2D eigenvalue weighted by atomic mass is 35.5. The van der Waals surface area contributed by atoms with Crippen LogP contribution in [0.25, 0.3) is 0 Å². The number of nitrogens with zero attached hydrogens (tertiary/aromatic N) is 1. The molecule has 4 aliphatic rings. The van der Waals surface area contributed by atoms with Crippen molar-refractivity contribution in [2.75, 3.05) is 11.9 Å². The summed E-state index contributed by atoms with van der Waals surface area (Å²) in [7, 11) is 0. The molecule has 3 aliphatic heterocycles. The molecule has 5 rings (SSSR count). The Kier molecular flexibility index (Phi) is 6.66. The van der Waals surface area contributed by atoms with Crippen LogP contribution in [0.15, 0.2) is 30.4 Å². The summed E-state index contributed by atoms with van der Waals surface area (Å²) in [5, 5.41) is 6.76. The van der Waals surface area contributed by atoms with Crippen molar-refractivity contribution in [1.82, 2.24) is 10.2 Å². The van der Waals surface area contributed by atoms with Gasteiger partial charge in [0.1, 0.15) is 11.6 Å². The third-order valence-corrected chi connectivity index (χ3v) is 9.27. The molecule has 1 aromatic carbocycles. The summed E-state index contributed by atoms with van der Waals surface area (Å²) >= 11 is 6.25. The van der Waals surface area contributed by atoms with E-state index in [1.54, 1.807) is 17.0 Å². The fourth-order valence-corrected chi connectivity index (χ4v) is 6.87. The first-order valence-electron chi connectivity index (χ1n) is 13.2. The van der Waals surface area contributed by atoms with Gasteiger partial charge in [-0.2, -0.15) is 0 Å². The normalized spacial score (nSPS) is 36.8. The Morgan fingerprint density at radius 1 is 1.22 bits per heavy atom. The topological polar surface area (TPSA) is 87.7 Å². The standard InChI is InChI=1S/C28H36ClN3O4/c1-5-13-32-24(26(34)31-20-8-6-7-15(2)17(20)4)28-12-11-21(36-28)22(23(28)27(32)35)25(33)30-18-10-9-16(3)19(29)14-18/h9-12,14-15,17,20-24H,5-8,13H2,1-4H3,(H,30,33)(H,31,34)/t15-,17-,20-,21-,22-,23-,24+,28+/m1/s1. The molecule has 3 heterocycles. The predicted octanol–water partition coefficient (Wildman–Crippen LogP) is 4.09. The molecule has 36 heavy (non-hydrogen) atoms. The first-order valence-corrected chi connectivity index (χ1v) is 13.6. The highest BCUT2D eigenvalue weighted by Gasteiger charge is 2.72. The van der Waals surface area contributed by atoms with E-state index < -0.39 is 29.6 Å². The van der Waals surface area contributed by atoms with E-state index in [9.17, 15) is 14.4 Å². The van der Waals surface area contributed by atoms with Gasteiger partial charge in [0.25, 0.3) is 0 Å². The average molecular weight is 514 g/mol. The number of ether oxygens (including phenoxy) is 1. The number of carbonyl (C=O) groups excluding carboxylic acids is 3. The molecule has 1 spiro atoms. The zero-order chi connectivity index (χ0) is 25.8. The van der Waals surface area contributed by atoms with Crippen molar-refractivity contribution in [3.8, 4) is 0 Å². The number of likely N-dealkylation sites (tertiary alicyclic amines) is 1. The van der Waals surface area contributed by atoms with E-state index in [1.807, 2.05) is 32.1 Å². The molecular weight excluding hydrogens is 478 g/mol. The Morgan fingerprint density at radius 3 is 2.72 bits per heavy atom. The molecular formula is C28H36ClN3O4. The van der Waals surface area contributed by atoms with Crippen LogP contribution in [0.4, 0.5) is 5.69 Å². The number of hydrogen-bond acceptors (Lipinski definition) is 4. The van der Waals surface area contributed by atoms with Crippen LogP contribution < -0.4 is 10.6 Å². The van der Waals surface area contributed by atoms with Crippen LogP contribution in [0.5, 0.6) is 0 Å². The lowest BCUT2D eigenvalue weighted by atomic mass is 9.73. The van der Waals surface area contributed by atoms with Gasteiger partial charge in [0.15, 0.2) is 0 Å². The van der Waals surface area contributed by atoms with Crippen molar-refractivity contribution >= 4 is 35.0 Å². The molecule has 194 valence electrons. The first kappa shape index (κ1) is 25.3. The SMILES string of the molecule is CCCN1C(=O)[C@H]2[C@H](C(=O)Nc3ccc(C)c(Cl)c3)[C@H]3C=C[C@@]2(O3)[C@@H]1C(=O)N[C@@H]1CCC[C@@H](C)[C@H]1C. The van der Waals surface area contributed by atoms with Crippen molar-refractivity contribution in [3.05, 3.63) is 40.9 Å². The van der Waals surface area contributed by atoms with Crippen LogP contribution in [0.1, 0.15) is 52.0 Å². The predicted molar refractivity (Wildman–Crippen MR) is 138 cm³/mol. The Balaban J connectivity index is 1.42. The van der Waals surface area contributed by atoms with E-state index >= 15 is 0 Å². The Labute approximate surface area is 218 Å². The molecule has 0 unspecified atom stereocenters. The van der Waals surface area contributed by atoms with Crippen molar-refractivity contribution in [2.24, 2.45) is 23.7 Å². The van der Waals surface area contributed by atoms with Gasteiger partial charge >= 0.3 is 0 Å². The molecule has 2 N–H and O–H groups in total. The third kappa shape index (κ3) is 3.95. The molecule has 2 bridgehead atoms. The summed E-state index contributed by atoms with van der Waals surface area (Å²) in [6, 6.07) is 4.63. The fraction of sp³-hybridized carbons (Fsp3) is 0.607. The molecule has 3 fully saturated rings. The van der Waals surface area contributed by atoms with Gasteiger partial charge in [0.05, 0.1) is 17.9 Å². The number of amides is 3. The monoisotopic (exact) mass is 513 g/mol. The molecule has 0 radical (unpaired) electrons. The van der Waals surface area contributed by atoms with Crippen LogP contribution >= 0.6 is 11.6 Å². The van der Waals surface area contributed by atoms with Gasteiger partial charge in [-0.15, -0.1) is 0 Å². The number of fused-ring (bicyclic) bond motifs is 1. The molecule has 0 aromatic heterocycles. The summed E-state index contributed by atoms with van der Waals surface area (Å²) in [4.78, 5) is 42.7. The highest BCUT2D eigenvalue weighted by molar-refractivity contribution is 6.31. The summed E-state index contributed by atoms with van der Waals surface area (Å²) in [6.45, 7) is 8.74. The smallest absolute Gasteiger partial charge is 0.246 e. The fourth-order valence-electron chi connectivity index (χ4n) is 6.69. The summed E-state index contributed by atoms with van der Waals surface area (Å²) in [6.07, 6.45) is 7.05. The van der Waals surface area contributed by atoms with Crippen molar-refractivity contribution in [3.63, 3.8) is 0 Å². The minimum absolute atomic E-state index is 0.0724. The van der Waals surface area contributed by atoms with Gasteiger partial charge in [-0.05, 0) is 49.3 Å². The molecule has 1 aliphatic carbocycles. The van der Waals surface area contributed by atoms with Crippen molar-refractivity contribution in [1.29, 1.82) is 0 Å². The molecule has 1 saturated carbocycles. The van der Waals surface area contributed by atoms with Crippen molar-refractivity contribution < 1.29 is 19.1 Å². The van der Waals surface area contributed by atoms with Gasteiger partial charge < -0.3 is 20.3 Å². The number of rotatable bonds is 6. The van der Waals surface area contributed by atoms with Gasteiger partial charge in [-0.1, -0.05) is 63.4 Å². The van der Waals surface area contributed by atoms with Crippen LogP contribution in [-0.4, -0.2) is 53.0 Å². The lowest BCUT2D eigenvalue weighted by Gasteiger charge is -2.38. The largest absolute Gasteiger partial charge is 0.359 e. The number of nitrogens with one attached hydrogen (secondary N) is 2. The van der Waals surface area contributed by atoms with Crippen molar-refractivity contribution in [2.45, 2.75) is 77.2 Å². The third-order valence-electron chi connectivity index (χ3n) is 8.86. The van der Waals surface area contributed by atoms with Gasteiger partial charge in [-0.3, -0.25) is 14.4 Å². The van der Waals surface area contributed by atoms with Gasteiger partial charge in [-0.25, -0.2) is 0 Å². The maximum atomic E-state index is 13.8. The second kappa shape index (κ2) is 9.49. The number of benzene rings is 1. The lowest BCUT2D eigenvalue weighted by Crippen LogP contribution is -2.57. The van der Waals surface area contributed by atoms with E-state index in [2.05, 4.69) is 24.5 Å². The second-order valence-corrected chi connectivity index (χ2v) is 11.5. The summed E-state index contributed by atoms with van der Waals surface area (Å²) in [5.74, 6) is -1.21. The Bertz CT molecular complexity index is 1110. The van der Waals surface area contributed by atoms with E-state index in [4.69, 9.17) is 16.3 Å². The zero-order valence-corrected chi connectivity index (χ0v) is 22.2. The van der Waals surface area contributed by atoms with E-state index in [-0.39, 0.29) is 23.8 Å². The van der Waals surface area contributed by atoms with Crippen LogP contribution in [0.2, 0.25) is 5.02 Å². The van der Waals surface area contributed by atoms with Crippen LogP contribution in [0, 0.1) is 30.6 Å². The maximum absolute atomic E-state index is 13.8. The lowest BCUT2D eigenvalue weighted by molar-refractivity contribution is -0.141. The molecule has 8 heteroatoms. The number of hydrogen-bond donors (Lipinski definition) is 2. The molecule has 3 amide bonds. The molecule has 2 saturated heterocycles. The van der Waals surface area contributed by atoms with Crippen LogP contribution in [-0.2, 0) is 19.1 Å². The Hall–Kier alpha value is -2.38. The number of aryl methyl sites for hydroxylation is 1. The number of halogens is 1. The molecule has 1 aromatic rings. The van der Waals surface area contributed by atoms with E-state index in [1.165, 1.54) is 6.42 Å². The van der Waals surface area contributed by atoms with Gasteiger partial charge in [0.2, 0.25) is 17.7 Å². The summed E-state index contributed by atoms with van der Waals surface area (Å²) in [5.41, 5.74) is 0.357. The van der Waals surface area contributed by atoms with E-state index in [0.29, 0.717) is 35.5 Å². The minimum atomic E-state index is -1.13. The highest BCUT2D eigenvalue weighted by Crippen LogP contribution is 2.55. The van der Waals surface area contributed by atoms with E-state index in [0.717, 1.165) is 18.4 Å². The quantitative estimate of drug-likeness (QED) is 0.561. The van der Waals surface area contributed by atoms with Crippen LogP contribution in [0.3, 0.4) is 0 Å². The maximum Gasteiger partial charge on any atom is 0.246 e. The average Bonchev–Trinajstić information content (AvgIpc) is 3.47. The molecule has 7 nitrogen and oxygen atoms in total. The zero-order valence-electron chi connectivity index (χ0n) is 21.4. The minimum Gasteiger partial charge on any atom is -0.359 e.